The van der Waals surface area contributed by atoms with Crippen LogP contribution in [-0.4, -0.2) is 23.0 Å². The maximum absolute atomic E-state index is 11.4. The molecule has 88 valence electrons. The van der Waals surface area contributed by atoms with Gasteiger partial charge in [-0.15, -0.1) is 11.3 Å². The highest BCUT2D eigenvalue weighted by molar-refractivity contribution is 7.15. The number of esters is 1. The van der Waals surface area contributed by atoms with Crippen LogP contribution in [0.3, 0.4) is 0 Å². The van der Waals surface area contributed by atoms with Gasteiger partial charge < -0.3 is 4.74 Å². The van der Waals surface area contributed by atoms with Crippen LogP contribution in [0.4, 0.5) is 0 Å². The Morgan fingerprint density at radius 3 is 2.82 bits per heavy atom. The minimum Gasteiger partial charge on any atom is -0.464 e. The third kappa shape index (κ3) is 2.45. The second-order valence-electron chi connectivity index (χ2n) is 3.28. The number of ether oxygens (including phenoxy) is 1. The van der Waals surface area contributed by atoms with E-state index < -0.39 is 5.97 Å². The van der Waals surface area contributed by atoms with E-state index in [1.807, 2.05) is 13.0 Å². The Hall–Kier alpha value is -1.46. The number of carbonyl (C=O) groups is 1. The molecule has 0 N–H and O–H groups in total. The summed E-state index contributed by atoms with van der Waals surface area (Å²) in [4.78, 5) is 20.5. The predicted molar refractivity (Wildman–Crippen MR) is 66.4 cm³/mol. The lowest BCUT2D eigenvalue weighted by atomic mass is 10.3. The van der Waals surface area contributed by atoms with Gasteiger partial charge in [0.05, 0.1) is 7.11 Å². The highest BCUT2D eigenvalue weighted by Crippen LogP contribution is 2.27. The molecular formula is C11H9ClN2O2S. The Kier molecular flexibility index (Phi) is 3.40. The van der Waals surface area contributed by atoms with E-state index in [1.165, 1.54) is 18.4 Å². The largest absolute Gasteiger partial charge is 0.464 e. The molecule has 2 rings (SSSR count). The van der Waals surface area contributed by atoms with Gasteiger partial charge in [0, 0.05) is 16.6 Å². The number of rotatable bonds is 2. The number of nitrogens with zero attached hydrogens (tertiary/aromatic N) is 2. The van der Waals surface area contributed by atoms with Crippen molar-refractivity contribution in [1.29, 1.82) is 0 Å². The van der Waals surface area contributed by atoms with Crippen LogP contribution in [0.2, 0.25) is 5.15 Å². The Bertz CT molecular complexity index is 551. The van der Waals surface area contributed by atoms with Crippen molar-refractivity contribution in [2.24, 2.45) is 0 Å². The molecule has 0 saturated heterocycles. The van der Waals surface area contributed by atoms with Gasteiger partial charge in [0.2, 0.25) is 0 Å². The van der Waals surface area contributed by atoms with Gasteiger partial charge in [-0.05, 0) is 19.1 Å². The molecular weight excluding hydrogens is 260 g/mol. The van der Waals surface area contributed by atoms with Gasteiger partial charge in [0.15, 0.2) is 5.69 Å². The molecule has 0 aromatic carbocycles. The first-order valence-electron chi connectivity index (χ1n) is 4.79. The van der Waals surface area contributed by atoms with Crippen molar-refractivity contribution in [2.45, 2.75) is 6.92 Å². The molecule has 0 aliphatic rings. The summed E-state index contributed by atoms with van der Waals surface area (Å²) in [6, 6.07) is 3.50. The molecule has 0 spiro atoms. The smallest absolute Gasteiger partial charge is 0.357 e. The molecule has 0 fully saturated rings. The van der Waals surface area contributed by atoms with Gasteiger partial charge in [-0.25, -0.2) is 14.8 Å². The van der Waals surface area contributed by atoms with Crippen LogP contribution in [0.15, 0.2) is 18.3 Å². The van der Waals surface area contributed by atoms with Crippen molar-refractivity contribution in [1.82, 2.24) is 9.97 Å². The molecule has 17 heavy (non-hydrogen) atoms. The lowest BCUT2D eigenvalue weighted by molar-refractivity contribution is 0.0594. The fraction of sp³-hybridized carbons (Fsp3) is 0.182. The molecule has 0 amide bonds. The number of aryl methyl sites for hydroxylation is 1. The number of aromatic nitrogens is 2. The Balaban J connectivity index is 2.41. The lowest BCUT2D eigenvalue weighted by Crippen LogP contribution is -2.03. The van der Waals surface area contributed by atoms with Crippen LogP contribution in [0, 0.1) is 6.92 Å². The minimum absolute atomic E-state index is 0.349. The third-order valence-electron chi connectivity index (χ3n) is 2.15. The lowest BCUT2D eigenvalue weighted by Gasteiger charge is -1.95. The highest BCUT2D eigenvalue weighted by atomic mass is 35.5. The summed E-state index contributed by atoms with van der Waals surface area (Å²) < 4.78 is 4.65. The maximum atomic E-state index is 11.4. The van der Waals surface area contributed by atoms with Gasteiger partial charge in [-0.2, -0.15) is 0 Å². The van der Waals surface area contributed by atoms with E-state index in [1.54, 1.807) is 12.3 Å². The summed E-state index contributed by atoms with van der Waals surface area (Å²) in [6.45, 7) is 1.83. The highest BCUT2D eigenvalue weighted by Gasteiger charge is 2.16. The zero-order valence-corrected chi connectivity index (χ0v) is 10.8. The first kappa shape index (κ1) is 12.0. The molecule has 2 aromatic heterocycles. The maximum Gasteiger partial charge on any atom is 0.357 e. The van der Waals surface area contributed by atoms with E-state index in [0.717, 1.165) is 15.4 Å². The van der Waals surface area contributed by atoms with E-state index in [4.69, 9.17) is 11.6 Å². The first-order chi connectivity index (χ1) is 8.11. The average molecular weight is 269 g/mol. The van der Waals surface area contributed by atoms with Crippen molar-refractivity contribution < 1.29 is 9.53 Å². The number of halogens is 1. The summed E-state index contributed by atoms with van der Waals surface area (Å²) in [5.41, 5.74) is 1.18. The normalized spacial score (nSPS) is 10.3. The van der Waals surface area contributed by atoms with E-state index in [9.17, 15) is 4.79 Å². The monoisotopic (exact) mass is 268 g/mol. The van der Waals surface area contributed by atoms with Gasteiger partial charge in [-0.3, -0.25) is 0 Å². The van der Waals surface area contributed by atoms with Crippen LogP contribution in [-0.2, 0) is 4.74 Å². The van der Waals surface area contributed by atoms with Gasteiger partial charge >= 0.3 is 5.97 Å². The van der Waals surface area contributed by atoms with E-state index in [2.05, 4.69) is 14.7 Å². The van der Waals surface area contributed by atoms with Crippen LogP contribution in [0.1, 0.15) is 15.4 Å². The number of pyridine rings is 1. The Morgan fingerprint density at radius 2 is 2.24 bits per heavy atom. The molecule has 0 atom stereocenters. The van der Waals surface area contributed by atoms with Crippen LogP contribution < -0.4 is 0 Å². The summed E-state index contributed by atoms with van der Waals surface area (Å²) in [6.07, 6.45) is 1.63. The third-order valence-corrected chi connectivity index (χ3v) is 3.39. The van der Waals surface area contributed by atoms with Crippen molar-refractivity contribution in [2.75, 3.05) is 7.11 Å². The number of thiazole rings is 1. The Labute approximate surface area is 107 Å². The molecule has 0 radical (unpaired) electrons. The van der Waals surface area contributed by atoms with Crippen LogP contribution >= 0.6 is 22.9 Å². The Morgan fingerprint density at radius 1 is 1.47 bits per heavy atom. The topological polar surface area (TPSA) is 52.1 Å². The summed E-state index contributed by atoms with van der Waals surface area (Å²) in [7, 11) is 1.34. The first-order valence-corrected chi connectivity index (χ1v) is 5.99. The summed E-state index contributed by atoms with van der Waals surface area (Å²) in [5, 5.41) is 1.15. The predicted octanol–water partition coefficient (Wildman–Crippen LogP) is 2.95. The fourth-order valence-corrected chi connectivity index (χ4v) is 2.31. The van der Waals surface area contributed by atoms with Crippen molar-refractivity contribution in [3.05, 3.63) is 34.1 Å². The second-order valence-corrected chi connectivity index (χ2v) is 4.88. The zero-order valence-electron chi connectivity index (χ0n) is 9.23. The molecule has 0 aliphatic carbocycles. The van der Waals surface area contributed by atoms with Gasteiger partial charge in [-0.1, -0.05) is 11.6 Å². The molecule has 0 bridgehead atoms. The van der Waals surface area contributed by atoms with E-state index >= 15 is 0 Å². The molecule has 2 heterocycles. The quantitative estimate of drug-likeness (QED) is 0.621. The summed E-state index contributed by atoms with van der Waals surface area (Å²) in [5.74, 6) is -0.424. The molecule has 0 aliphatic heterocycles. The van der Waals surface area contributed by atoms with Gasteiger partial charge in [0.25, 0.3) is 0 Å². The van der Waals surface area contributed by atoms with E-state index in [0.29, 0.717) is 10.8 Å². The van der Waals surface area contributed by atoms with Crippen molar-refractivity contribution >= 4 is 28.9 Å². The van der Waals surface area contributed by atoms with Crippen molar-refractivity contribution in [3.8, 4) is 10.6 Å². The van der Waals surface area contributed by atoms with Crippen LogP contribution in [0.25, 0.3) is 10.6 Å². The number of hydrogen-bond donors (Lipinski definition) is 0. The average Bonchev–Trinajstić information content (AvgIpc) is 2.71. The zero-order chi connectivity index (χ0) is 12.4. The number of carbonyl (C=O) groups excluding carboxylic acids is 1. The molecule has 0 saturated carbocycles. The minimum atomic E-state index is -0.424. The van der Waals surface area contributed by atoms with Crippen molar-refractivity contribution in [3.63, 3.8) is 0 Å². The van der Waals surface area contributed by atoms with Gasteiger partial charge in [0.1, 0.15) is 10.2 Å². The SMILES string of the molecule is COC(=O)c1nc(-c2ccc(Cl)nc2)sc1C. The van der Waals surface area contributed by atoms with Crippen LogP contribution in [0.5, 0.6) is 0 Å². The molecule has 6 heteroatoms. The second kappa shape index (κ2) is 4.81. The number of methoxy groups -OCH3 is 1. The fourth-order valence-electron chi connectivity index (χ4n) is 1.31. The molecule has 0 unspecified atom stereocenters. The molecule has 2 aromatic rings. The molecule has 4 nitrogen and oxygen atoms in total. The summed E-state index contributed by atoms with van der Waals surface area (Å²) >= 11 is 7.13. The number of hydrogen-bond acceptors (Lipinski definition) is 5. The standard InChI is InChI=1S/C11H9ClN2O2S/c1-6-9(11(15)16-2)14-10(17-6)7-3-4-8(12)13-5-7/h3-5H,1-2H3. The van der Waals surface area contributed by atoms with E-state index in [-0.39, 0.29) is 0 Å².